The second-order valence-electron chi connectivity index (χ2n) is 3.52. The third-order valence-electron chi connectivity index (χ3n) is 2.45. The number of esters is 1. The lowest BCUT2D eigenvalue weighted by Crippen LogP contribution is -1.98. The molecule has 1 aromatic rings. The summed E-state index contributed by atoms with van der Waals surface area (Å²) in [6, 6.07) is 7.72. The molecule has 1 unspecified atom stereocenters. The van der Waals surface area contributed by atoms with Gasteiger partial charge in [0.25, 0.3) is 0 Å². The van der Waals surface area contributed by atoms with Gasteiger partial charge < -0.3 is 9.47 Å². The molecule has 3 heteroatoms. The van der Waals surface area contributed by atoms with Gasteiger partial charge in [0.1, 0.15) is 11.9 Å². The van der Waals surface area contributed by atoms with E-state index < -0.39 is 0 Å². The fourth-order valence-electron chi connectivity index (χ4n) is 1.71. The maximum absolute atomic E-state index is 10.9. The Hall–Kier alpha value is -1.51. The highest BCUT2D eigenvalue weighted by molar-refractivity contribution is 5.71. The molecule has 0 bridgehead atoms. The van der Waals surface area contributed by atoms with Gasteiger partial charge in [0, 0.05) is 6.42 Å². The number of carbonyl (C=O) groups excluding carboxylic acids is 1. The van der Waals surface area contributed by atoms with E-state index in [-0.39, 0.29) is 12.1 Å². The van der Waals surface area contributed by atoms with Crippen molar-refractivity contribution in [1.82, 2.24) is 0 Å². The van der Waals surface area contributed by atoms with Crippen LogP contribution in [0.2, 0.25) is 0 Å². The van der Waals surface area contributed by atoms with Crippen LogP contribution in [0.5, 0.6) is 5.75 Å². The normalized spacial score (nSPS) is 20.1. The van der Waals surface area contributed by atoms with Gasteiger partial charge in [-0.25, -0.2) is 0 Å². The van der Waals surface area contributed by atoms with Crippen molar-refractivity contribution in [2.24, 2.45) is 0 Å². The third-order valence-corrected chi connectivity index (χ3v) is 2.45. The van der Waals surface area contributed by atoms with Gasteiger partial charge in [-0.15, -0.1) is 0 Å². The summed E-state index contributed by atoms with van der Waals surface area (Å²) < 4.78 is 10.5. The van der Waals surface area contributed by atoms with Crippen molar-refractivity contribution in [1.29, 1.82) is 0 Å². The van der Waals surface area contributed by atoms with E-state index in [1.165, 1.54) is 0 Å². The Balaban J connectivity index is 2.06. The highest BCUT2D eigenvalue weighted by Gasteiger charge is 2.24. The predicted molar refractivity (Wildman–Crippen MR) is 55.7 cm³/mol. The molecule has 3 nitrogen and oxygen atoms in total. The van der Waals surface area contributed by atoms with Crippen LogP contribution in [0.4, 0.5) is 0 Å². The van der Waals surface area contributed by atoms with E-state index in [1.807, 2.05) is 31.2 Å². The van der Waals surface area contributed by atoms with Crippen molar-refractivity contribution in [3.63, 3.8) is 0 Å². The molecular weight excluding hydrogens is 192 g/mol. The first kappa shape index (κ1) is 10.0. The quantitative estimate of drug-likeness (QED) is 0.713. The Labute approximate surface area is 89.0 Å². The molecule has 1 heterocycles. The zero-order valence-corrected chi connectivity index (χ0v) is 8.73. The molecule has 1 saturated heterocycles. The highest BCUT2D eigenvalue weighted by Crippen LogP contribution is 2.30. The maximum atomic E-state index is 10.9. The van der Waals surface area contributed by atoms with Crippen molar-refractivity contribution in [3.05, 3.63) is 29.8 Å². The van der Waals surface area contributed by atoms with Crippen LogP contribution in [0.15, 0.2) is 24.3 Å². The van der Waals surface area contributed by atoms with Gasteiger partial charge in [0.2, 0.25) is 0 Å². The minimum absolute atomic E-state index is 0.0619. The molecule has 0 radical (unpaired) electrons. The second kappa shape index (κ2) is 4.34. The van der Waals surface area contributed by atoms with Crippen molar-refractivity contribution < 1.29 is 14.3 Å². The number of hydrogen-bond acceptors (Lipinski definition) is 3. The lowest BCUT2D eigenvalue weighted by atomic mass is 10.1. The summed E-state index contributed by atoms with van der Waals surface area (Å²) >= 11 is 0. The van der Waals surface area contributed by atoms with E-state index in [2.05, 4.69) is 0 Å². The standard InChI is InChI=1S/C12H14O3/c1-2-14-10-5-3-9(4-6-10)11-7-8-12(13)15-11/h3-6,11H,2,7-8H2,1H3. The van der Waals surface area contributed by atoms with Crippen LogP contribution in [0.3, 0.4) is 0 Å². The smallest absolute Gasteiger partial charge is 0.306 e. The zero-order chi connectivity index (χ0) is 10.7. The second-order valence-corrected chi connectivity index (χ2v) is 3.52. The van der Waals surface area contributed by atoms with Gasteiger partial charge >= 0.3 is 5.97 Å². The topological polar surface area (TPSA) is 35.5 Å². The molecule has 15 heavy (non-hydrogen) atoms. The number of rotatable bonds is 3. The average molecular weight is 206 g/mol. The molecule has 0 aliphatic carbocycles. The number of ether oxygens (including phenoxy) is 2. The molecule has 0 amide bonds. The number of carbonyl (C=O) groups is 1. The van der Waals surface area contributed by atoms with E-state index in [0.717, 1.165) is 17.7 Å². The summed E-state index contributed by atoms with van der Waals surface area (Å²) in [4.78, 5) is 10.9. The lowest BCUT2D eigenvalue weighted by Gasteiger charge is -2.10. The number of benzene rings is 1. The lowest BCUT2D eigenvalue weighted by molar-refractivity contribution is -0.141. The minimum atomic E-state index is -0.103. The number of hydrogen-bond donors (Lipinski definition) is 0. The molecule has 1 fully saturated rings. The summed E-state index contributed by atoms with van der Waals surface area (Å²) in [5.74, 6) is 0.749. The molecule has 1 aromatic carbocycles. The Morgan fingerprint density at radius 2 is 2.13 bits per heavy atom. The van der Waals surface area contributed by atoms with Gasteiger partial charge in [-0.05, 0) is 31.0 Å². The Kier molecular flexibility index (Phi) is 2.90. The summed E-state index contributed by atoms with van der Waals surface area (Å²) in [5.41, 5.74) is 1.05. The van der Waals surface area contributed by atoms with Crippen molar-refractivity contribution in [2.45, 2.75) is 25.9 Å². The minimum Gasteiger partial charge on any atom is -0.494 e. The van der Waals surface area contributed by atoms with Gasteiger partial charge in [-0.2, -0.15) is 0 Å². The van der Waals surface area contributed by atoms with Gasteiger partial charge in [0.15, 0.2) is 0 Å². The van der Waals surface area contributed by atoms with Gasteiger partial charge in [0.05, 0.1) is 6.61 Å². The van der Waals surface area contributed by atoms with Gasteiger partial charge in [-0.1, -0.05) is 12.1 Å². The molecule has 1 atom stereocenters. The molecule has 0 aromatic heterocycles. The molecule has 1 aliphatic heterocycles. The predicted octanol–water partition coefficient (Wildman–Crippen LogP) is 2.46. The highest BCUT2D eigenvalue weighted by atomic mass is 16.5. The van der Waals surface area contributed by atoms with E-state index in [0.29, 0.717) is 13.0 Å². The van der Waals surface area contributed by atoms with Crippen LogP contribution in [0.25, 0.3) is 0 Å². The molecule has 0 saturated carbocycles. The molecule has 2 rings (SSSR count). The van der Waals surface area contributed by atoms with Crippen LogP contribution in [0.1, 0.15) is 31.4 Å². The SMILES string of the molecule is CCOc1ccc(C2CCC(=O)O2)cc1. The zero-order valence-electron chi connectivity index (χ0n) is 8.73. The first-order chi connectivity index (χ1) is 7.29. The first-order valence-electron chi connectivity index (χ1n) is 5.22. The Bertz CT molecular complexity index is 342. The van der Waals surface area contributed by atoms with Crippen LogP contribution >= 0.6 is 0 Å². The largest absolute Gasteiger partial charge is 0.494 e. The molecule has 0 N–H and O–H groups in total. The van der Waals surface area contributed by atoms with Crippen LogP contribution in [0, 0.1) is 0 Å². The maximum Gasteiger partial charge on any atom is 0.306 e. The molecule has 0 spiro atoms. The van der Waals surface area contributed by atoms with E-state index >= 15 is 0 Å². The van der Waals surface area contributed by atoms with Crippen LogP contribution in [-0.4, -0.2) is 12.6 Å². The van der Waals surface area contributed by atoms with Crippen molar-refractivity contribution in [2.75, 3.05) is 6.61 Å². The molecule has 1 aliphatic rings. The molecule has 80 valence electrons. The summed E-state index contributed by atoms with van der Waals surface area (Å²) in [5, 5.41) is 0. The van der Waals surface area contributed by atoms with Gasteiger partial charge in [-0.3, -0.25) is 4.79 Å². The summed E-state index contributed by atoms with van der Waals surface area (Å²) in [7, 11) is 0. The van der Waals surface area contributed by atoms with Crippen LogP contribution < -0.4 is 4.74 Å². The van der Waals surface area contributed by atoms with E-state index in [1.54, 1.807) is 0 Å². The van der Waals surface area contributed by atoms with Crippen molar-refractivity contribution >= 4 is 5.97 Å². The monoisotopic (exact) mass is 206 g/mol. The fraction of sp³-hybridized carbons (Fsp3) is 0.417. The van der Waals surface area contributed by atoms with E-state index in [9.17, 15) is 4.79 Å². The summed E-state index contributed by atoms with van der Waals surface area (Å²) in [6.45, 7) is 2.62. The number of cyclic esters (lactones) is 1. The fourth-order valence-corrected chi connectivity index (χ4v) is 1.71. The van der Waals surface area contributed by atoms with Crippen molar-refractivity contribution in [3.8, 4) is 5.75 Å². The molecular formula is C12H14O3. The summed E-state index contributed by atoms with van der Waals surface area (Å²) in [6.07, 6.45) is 1.25. The average Bonchev–Trinajstić information content (AvgIpc) is 2.67. The first-order valence-corrected chi connectivity index (χ1v) is 5.22. The van der Waals surface area contributed by atoms with Crippen LogP contribution in [-0.2, 0) is 9.53 Å². The Morgan fingerprint density at radius 3 is 2.67 bits per heavy atom. The Morgan fingerprint density at radius 1 is 1.40 bits per heavy atom. The third kappa shape index (κ3) is 2.29. The van der Waals surface area contributed by atoms with E-state index in [4.69, 9.17) is 9.47 Å².